The topological polar surface area (TPSA) is 41.4 Å². The smallest absolute Gasteiger partial charge is 0.233 e. The third-order valence-corrected chi connectivity index (χ3v) is 7.24. The maximum Gasteiger partial charge on any atom is 0.233 e. The molecule has 1 saturated heterocycles. The summed E-state index contributed by atoms with van der Waals surface area (Å²) in [4.78, 5) is 16.8. The lowest BCUT2D eigenvalue weighted by Crippen LogP contribution is -2.49. The number of thioether (sulfide) groups is 1. The molecule has 1 amide bonds. The Morgan fingerprint density at radius 2 is 1.79 bits per heavy atom. The monoisotopic (exact) mass is 462 g/mol. The normalized spacial score (nSPS) is 14.2. The molecule has 0 atom stereocenters. The lowest BCUT2D eigenvalue weighted by molar-refractivity contribution is -0.128. The van der Waals surface area contributed by atoms with E-state index in [2.05, 4.69) is 16.1 Å². The van der Waals surface area contributed by atoms with E-state index < -0.39 is 0 Å². The number of para-hydroxylation sites is 1. The maximum atomic E-state index is 12.6. The van der Waals surface area contributed by atoms with Crippen molar-refractivity contribution in [1.29, 1.82) is 0 Å². The molecule has 2 heterocycles. The van der Waals surface area contributed by atoms with Crippen molar-refractivity contribution < 1.29 is 4.79 Å². The van der Waals surface area contributed by atoms with Crippen LogP contribution in [0, 0.1) is 3.95 Å². The van der Waals surface area contributed by atoms with Crippen molar-refractivity contribution in [1.82, 2.24) is 14.7 Å². The van der Waals surface area contributed by atoms with Gasteiger partial charge in [-0.1, -0.05) is 59.0 Å². The molecule has 0 N–H and O–H groups in total. The zero-order valence-electron chi connectivity index (χ0n) is 15.5. The van der Waals surface area contributed by atoms with E-state index in [9.17, 15) is 4.79 Å². The highest BCUT2D eigenvalue weighted by Gasteiger charge is 2.22. The Labute approximate surface area is 187 Å². The third kappa shape index (κ3) is 5.01. The molecule has 29 heavy (non-hydrogen) atoms. The van der Waals surface area contributed by atoms with Gasteiger partial charge in [-0.25, -0.2) is 4.68 Å². The molecule has 0 spiro atoms. The number of carbonyl (C=O) groups is 1. The van der Waals surface area contributed by atoms with Gasteiger partial charge in [0.2, 0.25) is 5.91 Å². The van der Waals surface area contributed by atoms with Crippen molar-refractivity contribution in [3.05, 3.63) is 63.6 Å². The number of hydrogen-bond acceptors (Lipinski definition) is 6. The molecule has 1 aromatic heterocycles. The predicted molar refractivity (Wildman–Crippen MR) is 123 cm³/mol. The zero-order valence-corrected chi connectivity index (χ0v) is 18.7. The van der Waals surface area contributed by atoms with Crippen molar-refractivity contribution in [3.63, 3.8) is 0 Å². The molecule has 3 aromatic rings. The van der Waals surface area contributed by atoms with Crippen LogP contribution >= 0.6 is 46.9 Å². The van der Waals surface area contributed by atoms with Gasteiger partial charge in [0.05, 0.1) is 11.4 Å². The number of halogens is 1. The molecule has 0 saturated carbocycles. The van der Waals surface area contributed by atoms with Crippen LogP contribution in [-0.4, -0.2) is 52.5 Å². The van der Waals surface area contributed by atoms with E-state index in [0.29, 0.717) is 22.8 Å². The first-order valence-electron chi connectivity index (χ1n) is 9.17. The van der Waals surface area contributed by atoms with E-state index in [1.54, 1.807) is 4.68 Å². The number of nitrogens with zero attached hydrogens (tertiary/aromatic N) is 4. The molecule has 1 aliphatic heterocycles. The van der Waals surface area contributed by atoms with Crippen LogP contribution in [0.3, 0.4) is 0 Å². The van der Waals surface area contributed by atoms with Gasteiger partial charge in [-0.2, -0.15) is 0 Å². The molecule has 0 radical (unpaired) electrons. The number of rotatable bonds is 5. The fraction of sp³-hybridized carbons (Fsp3) is 0.250. The van der Waals surface area contributed by atoms with Gasteiger partial charge in [-0.05, 0) is 42.5 Å². The van der Waals surface area contributed by atoms with Crippen LogP contribution in [0.1, 0.15) is 0 Å². The highest BCUT2D eigenvalue weighted by molar-refractivity contribution is 8.01. The number of anilines is 1. The van der Waals surface area contributed by atoms with Crippen LogP contribution in [0.25, 0.3) is 5.69 Å². The molecule has 0 bridgehead atoms. The van der Waals surface area contributed by atoms with Crippen molar-refractivity contribution in [2.24, 2.45) is 0 Å². The molecule has 0 unspecified atom stereocenters. The summed E-state index contributed by atoms with van der Waals surface area (Å²) < 4.78 is 3.24. The molecule has 150 valence electrons. The second-order valence-electron chi connectivity index (χ2n) is 6.52. The maximum absolute atomic E-state index is 12.6. The predicted octanol–water partition coefficient (Wildman–Crippen LogP) is 4.76. The van der Waals surface area contributed by atoms with E-state index in [1.807, 2.05) is 53.4 Å². The fourth-order valence-corrected chi connectivity index (χ4v) is 5.60. The van der Waals surface area contributed by atoms with Crippen LogP contribution in [0.4, 0.5) is 5.69 Å². The summed E-state index contributed by atoms with van der Waals surface area (Å²) in [6.07, 6.45) is 0. The molecule has 5 nitrogen and oxygen atoms in total. The van der Waals surface area contributed by atoms with Gasteiger partial charge >= 0.3 is 0 Å². The highest BCUT2D eigenvalue weighted by Crippen LogP contribution is 2.25. The fourth-order valence-electron chi connectivity index (χ4n) is 3.15. The molecule has 4 rings (SSSR count). The molecule has 9 heteroatoms. The summed E-state index contributed by atoms with van der Waals surface area (Å²) in [5, 5.41) is 5.29. The minimum Gasteiger partial charge on any atom is -0.368 e. The number of aromatic nitrogens is 2. The second-order valence-corrected chi connectivity index (χ2v) is 9.80. The Bertz CT molecular complexity index is 1050. The van der Waals surface area contributed by atoms with E-state index in [-0.39, 0.29) is 5.91 Å². The van der Waals surface area contributed by atoms with E-state index in [4.69, 9.17) is 23.8 Å². The molecular formula is C20H19ClN4OS3. The van der Waals surface area contributed by atoms with Gasteiger partial charge in [-0.3, -0.25) is 4.79 Å². The van der Waals surface area contributed by atoms with Gasteiger partial charge in [0, 0.05) is 36.9 Å². The van der Waals surface area contributed by atoms with Crippen LogP contribution in [-0.2, 0) is 4.79 Å². The standard InChI is InChI=1S/C20H19ClN4OS3/c21-15-5-4-8-17(13-15)23-9-11-24(12-10-23)18(26)14-28-19-22-25(20(27)29-19)16-6-2-1-3-7-16/h1-8,13H,9-12,14H2. The van der Waals surface area contributed by atoms with E-state index >= 15 is 0 Å². The quantitative estimate of drug-likeness (QED) is 0.404. The Morgan fingerprint density at radius 1 is 1.07 bits per heavy atom. The molecule has 0 aliphatic carbocycles. The summed E-state index contributed by atoms with van der Waals surface area (Å²) in [5.41, 5.74) is 2.04. The van der Waals surface area contributed by atoms with Crippen LogP contribution in [0.15, 0.2) is 58.9 Å². The lowest BCUT2D eigenvalue weighted by atomic mass is 10.2. The first-order valence-corrected chi connectivity index (χ1v) is 11.8. The number of hydrogen-bond donors (Lipinski definition) is 0. The lowest BCUT2D eigenvalue weighted by Gasteiger charge is -2.36. The van der Waals surface area contributed by atoms with Gasteiger partial charge < -0.3 is 9.80 Å². The Balaban J connectivity index is 1.31. The zero-order chi connectivity index (χ0) is 20.2. The van der Waals surface area contributed by atoms with Gasteiger partial charge in [0.15, 0.2) is 8.29 Å². The van der Waals surface area contributed by atoms with Crippen LogP contribution in [0.5, 0.6) is 0 Å². The summed E-state index contributed by atoms with van der Waals surface area (Å²) in [5.74, 6) is 0.502. The second kappa shape index (κ2) is 9.30. The van der Waals surface area contributed by atoms with Crippen molar-refractivity contribution in [3.8, 4) is 5.69 Å². The Hall–Kier alpha value is -1.87. The molecular weight excluding hydrogens is 444 g/mol. The summed E-state index contributed by atoms with van der Waals surface area (Å²) in [7, 11) is 0. The van der Waals surface area contributed by atoms with Crippen molar-refractivity contribution in [2.75, 3.05) is 36.8 Å². The van der Waals surface area contributed by atoms with Gasteiger partial charge in [0.1, 0.15) is 0 Å². The number of benzene rings is 2. The first kappa shape index (κ1) is 20.4. The van der Waals surface area contributed by atoms with E-state index in [1.165, 1.54) is 23.1 Å². The summed E-state index contributed by atoms with van der Waals surface area (Å²) in [6.45, 7) is 3.02. The number of piperazine rings is 1. The SMILES string of the molecule is O=C(CSc1nn(-c2ccccc2)c(=S)s1)N1CCN(c2cccc(Cl)c2)CC1. The van der Waals surface area contributed by atoms with E-state index in [0.717, 1.165) is 33.8 Å². The minimum atomic E-state index is 0.133. The number of carbonyl (C=O) groups excluding carboxylic acids is 1. The summed E-state index contributed by atoms with van der Waals surface area (Å²) in [6, 6.07) is 17.6. The Morgan fingerprint density at radius 3 is 2.52 bits per heavy atom. The van der Waals surface area contributed by atoms with Crippen molar-refractivity contribution in [2.45, 2.75) is 4.34 Å². The first-order chi connectivity index (χ1) is 14.1. The molecule has 1 fully saturated rings. The third-order valence-electron chi connectivity index (χ3n) is 4.65. The van der Waals surface area contributed by atoms with Crippen LogP contribution in [0.2, 0.25) is 5.02 Å². The molecule has 2 aromatic carbocycles. The Kier molecular flexibility index (Phi) is 6.54. The van der Waals surface area contributed by atoms with Gasteiger partial charge in [-0.15, -0.1) is 5.10 Å². The van der Waals surface area contributed by atoms with Crippen LogP contribution < -0.4 is 4.90 Å². The minimum absolute atomic E-state index is 0.133. The largest absolute Gasteiger partial charge is 0.368 e. The average molecular weight is 463 g/mol. The van der Waals surface area contributed by atoms with Crippen molar-refractivity contribution >= 4 is 58.5 Å². The highest BCUT2D eigenvalue weighted by atomic mass is 35.5. The summed E-state index contributed by atoms with van der Waals surface area (Å²) >= 11 is 14.4. The molecule has 1 aliphatic rings. The van der Waals surface area contributed by atoms with Gasteiger partial charge in [0.25, 0.3) is 0 Å². The average Bonchev–Trinajstić information content (AvgIpc) is 3.13. The number of amides is 1.